The fourth-order valence-corrected chi connectivity index (χ4v) is 8.03. The number of hydrogen-bond donors (Lipinski definition) is 0. The van der Waals surface area contributed by atoms with Crippen LogP contribution in [-0.2, 0) is 100 Å². The van der Waals surface area contributed by atoms with Crippen molar-refractivity contribution in [3.05, 3.63) is 59.7 Å². The Bertz CT molecular complexity index is 2140. The average molecular weight is 903 g/mol. The molecule has 2 aromatic carbocycles. The molecule has 0 unspecified atom stereocenters. The fourth-order valence-electron chi connectivity index (χ4n) is 6.19. The lowest BCUT2D eigenvalue weighted by Crippen LogP contribution is -2.67. The standard InChI is InChI=1S/C38H46O21S2/c1-19-9-13-27(14-10-19)60(45,46)49-17-29-31(51-21(3)39)33(52-22(4)40)36(55-25(7)43)38(58-29)59-32-30(18-50-61(47,48)28-15-11-20(2)12-16-28)57-37(56-26(8)44)35(54-24(6)42)34(32)53-23(5)41/h9-16,29-38H,17-18H2,1-8H3/t29-,30-,31+,32-,33+,34+,35-,36-,37+,38+/m1/s1. The van der Waals surface area contributed by atoms with Crippen LogP contribution in [0.3, 0.4) is 0 Å². The number of rotatable bonds is 16. The Labute approximate surface area is 351 Å². The molecule has 2 aliphatic heterocycles. The second-order valence-corrected chi connectivity index (χ2v) is 17.0. The molecule has 23 heteroatoms. The van der Waals surface area contributed by atoms with Gasteiger partial charge in [0.2, 0.25) is 12.4 Å². The van der Waals surface area contributed by atoms with Gasteiger partial charge >= 0.3 is 35.8 Å². The van der Waals surface area contributed by atoms with E-state index >= 15 is 0 Å². The molecule has 2 saturated heterocycles. The molecule has 0 bridgehead atoms. The third-order valence-corrected chi connectivity index (χ3v) is 11.3. The first kappa shape index (κ1) is 48.6. The first-order valence-corrected chi connectivity index (χ1v) is 21.2. The Balaban J connectivity index is 1.86. The summed E-state index contributed by atoms with van der Waals surface area (Å²) in [5, 5.41) is 0. The highest BCUT2D eigenvalue weighted by atomic mass is 32.2. The summed E-state index contributed by atoms with van der Waals surface area (Å²) in [5.74, 6) is -6.06. The summed E-state index contributed by atoms with van der Waals surface area (Å²) in [7, 11) is -9.14. The van der Waals surface area contributed by atoms with Crippen LogP contribution in [0.1, 0.15) is 52.7 Å². The van der Waals surface area contributed by atoms with Crippen LogP contribution in [0.25, 0.3) is 0 Å². The number of esters is 6. The second kappa shape index (κ2) is 20.7. The largest absolute Gasteiger partial charge is 0.456 e. The van der Waals surface area contributed by atoms with Gasteiger partial charge < -0.3 is 42.6 Å². The van der Waals surface area contributed by atoms with E-state index in [4.69, 9.17) is 51.0 Å². The van der Waals surface area contributed by atoms with Gasteiger partial charge in [0.1, 0.15) is 18.3 Å². The third-order valence-electron chi connectivity index (χ3n) is 8.66. The summed E-state index contributed by atoms with van der Waals surface area (Å²) in [5.41, 5.74) is 1.46. The summed E-state index contributed by atoms with van der Waals surface area (Å²) < 4.78 is 115. The lowest BCUT2D eigenvalue weighted by atomic mass is 9.96. The van der Waals surface area contributed by atoms with Crippen LogP contribution in [0.4, 0.5) is 0 Å². The van der Waals surface area contributed by atoms with E-state index < -0.39 is 131 Å². The maximum Gasteiger partial charge on any atom is 0.305 e. The van der Waals surface area contributed by atoms with Gasteiger partial charge in [0.15, 0.2) is 30.7 Å². The quantitative estimate of drug-likeness (QED) is 0.131. The number of benzene rings is 2. The summed E-state index contributed by atoms with van der Waals surface area (Å²) in [6.45, 7) is 7.26. The Morgan fingerprint density at radius 2 is 0.754 bits per heavy atom. The van der Waals surface area contributed by atoms with Gasteiger partial charge in [0, 0.05) is 41.5 Å². The summed E-state index contributed by atoms with van der Waals surface area (Å²) >= 11 is 0. The monoisotopic (exact) mass is 902 g/mol. The van der Waals surface area contributed by atoms with Crippen LogP contribution in [-0.4, -0.2) is 127 Å². The second-order valence-electron chi connectivity index (χ2n) is 13.8. The lowest BCUT2D eigenvalue weighted by Gasteiger charge is -2.48. The Morgan fingerprint density at radius 1 is 0.443 bits per heavy atom. The number of carbonyl (C=O) groups excluding carboxylic acids is 6. The van der Waals surface area contributed by atoms with Crippen molar-refractivity contribution in [3.63, 3.8) is 0 Å². The number of hydrogen-bond acceptors (Lipinski definition) is 21. The van der Waals surface area contributed by atoms with Crippen molar-refractivity contribution in [2.75, 3.05) is 13.2 Å². The van der Waals surface area contributed by atoms with Crippen molar-refractivity contribution in [1.29, 1.82) is 0 Å². The molecule has 10 atom stereocenters. The van der Waals surface area contributed by atoms with Gasteiger partial charge in [0.25, 0.3) is 20.2 Å². The van der Waals surface area contributed by atoms with Gasteiger partial charge in [0.05, 0.1) is 23.0 Å². The van der Waals surface area contributed by atoms with E-state index in [-0.39, 0.29) is 9.79 Å². The van der Waals surface area contributed by atoms with Crippen molar-refractivity contribution >= 4 is 56.1 Å². The molecule has 4 rings (SSSR count). The van der Waals surface area contributed by atoms with Gasteiger partial charge in [-0.05, 0) is 38.1 Å². The molecule has 21 nitrogen and oxygen atoms in total. The fraction of sp³-hybridized carbons (Fsp3) is 0.526. The smallest absolute Gasteiger partial charge is 0.305 e. The molecule has 2 heterocycles. The Hall–Kier alpha value is -5.04. The molecule has 2 fully saturated rings. The zero-order valence-electron chi connectivity index (χ0n) is 34.2. The molecule has 2 aromatic rings. The maximum absolute atomic E-state index is 13.4. The van der Waals surface area contributed by atoms with E-state index in [0.29, 0.717) is 0 Å². The number of aryl methyl sites for hydroxylation is 2. The topological polar surface area (TPSA) is 272 Å². The number of carbonyl (C=O) groups is 6. The summed E-state index contributed by atoms with van der Waals surface area (Å²) in [6.07, 6.45) is -18.6. The molecule has 336 valence electrons. The molecule has 2 aliphatic rings. The Morgan fingerprint density at radius 3 is 1.15 bits per heavy atom. The van der Waals surface area contributed by atoms with Crippen molar-refractivity contribution in [2.24, 2.45) is 0 Å². The highest BCUT2D eigenvalue weighted by Crippen LogP contribution is 2.36. The first-order valence-electron chi connectivity index (χ1n) is 18.4. The van der Waals surface area contributed by atoms with Crippen LogP contribution in [0.2, 0.25) is 0 Å². The minimum atomic E-state index is -4.59. The normalized spacial score (nSPS) is 26.6. The minimum Gasteiger partial charge on any atom is -0.456 e. The van der Waals surface area contributed by atoms with Crippen LogP contribution >= 0.6 is 0 Å². The zero-order chi connectivity index (χ0) is 45.4. The SMILES string of the molecule is CC(=O)O[C@H]1O[C@H](COS(=O)(=O)c2ccc(C)cc2)[C@@H](O[C@@H]2O[C@H](COS(=O)(=O)c3ccc(C)cc3)[C@H](OC(C)=O)[C@H](OC(C)=O)[C@H]2OC(C)=O)[C@H](OC(C)=O)[C@H]1OC(C)=O. The van der Waals surface area contributed by atoms with E-state index in [9.17, 15) is 45.6 Å². The molecule has 0 radical (unpaired) electrons. The predicted molar refractivity (Wildman–Crippen MR) is 200 cm³/mol. The highest BCUT2D eigenvalue weighted by molar-refractivity contribution is 7.87. The van der Waals surface area contributed by atoms with Gasteiger partial charge in [-0.25, -0.2) is 0 Å². The van der Waals surface area contributed by atoms with Gasteiger partial charge in [-0.3, -0.25) is 37.1 Å². The predicted octanol–water partition coefficient (Wildman–Crippen LogP) is 1.47. The van der Waals surface area contributed by atoms with Gasteiger partial charge in [-0.1, -0.05) is 35.4 Å². The number of ether oxygens (including phenoxy) is 9. The van der Waals surface area contributed by atoms with Crippen molar-refractivity contribution in [3.8, 4) is 0 Å². The molecule has 61 heavy (non-hydrogen) atoms. The van der Waals surface area contributed by atoms with Crippen molar-refractivity contribution in [2.45, 2.75) is 127 Å². The molecule has 0 spiro atoms. The van der Waals surface area contributed by atoms with Crippen LogP contribution < -0.4 is 0 Å². The lowest BCUT2D eigenvalue weighted by molar-refractivity contribution is -0.356. The molecular formula is C38H46O21S2. The zero-order valence-corrected chi connectivity index (χ0v) is 35.8. The molecule has 0 aromatic heterocycles. The Kier molecular flexibility index (Phi) is 16.5. The maximum atomic E-state index is 13.4. The van der Waals surface area contributed by atoms with Crippen LogP contribution in [0.5, 0.6) is 0 Å². The van der Waals surface area contributed by atoms with Gasteiger partial charge in [-0.15, -0.1) is 0 Å². The summed E-state index contributed by atoms with van der Waals surface area (Å²) in [6, 6.07) is 11.1. The first-order chi connectivity index (χ1) is 28.5. The molecule has 0 amide bonds. The van der Waals surface area contributed by atoms with E-state index in [1.165, 1.54) is 48.5 Å². The molecule has 0 aliphatic carbocycles. The average Bonchev–Trinajstić information content (AvgIpc) is 3.14. The van der Waals surface area contributed by atoms with E-state index in [1.54, 1.807) is 13.8 Å². The minimum absolute atomic E-state index is 0.272. The van der Waals surface area contributed by atoms with Crippen molar-refractivity contribution in [1.82, 2.24) is 0 Å². The van der Waals surface area contributed by atoms with Gasteiger partial charge in [-0.2, -0.15) is 16.8 Å². The molecule has 0 saturated carbocycles. The molecule has 0 N–H and O–H groups in total. The molecular weight excluding hydrogens is 857 g/mol. The van der Waals surface area contributed by atoms with E-state index in [2.05, 4.69) is 0 Å². The highest BCUT2D eigenvalue weighted by Gasteiger charge is 2.58. The van der Waals surface area contributed by atoms with Crippen LogP contribution in [0, 0.1) is 13.8 Å². The third kappa shape index (κ3) is 13.5. The van der Waals surface area contributed by atoms with Crippen molar-refractivity contribution < 1.29 is 96.6 Å². The van der Waals surface area contributed by atoms with E-state index in [0.717, 1.165) is 52.7 Å². The summed E-state index contributed by atoms with van der Waals surface area (Å²) in [4.78, 5) is 74.4. The van der Waals surface area contributed by atoms with E-state index in [1.807, 2.05) is 0 Å². The van der Waals surface area contributed by atoms with Crippen LogP contribution in [0.15, 0.2) is 58.3 Å².